The zero-order chi connectivity index (χ0) is 22.4. The van der Waals surface area contributed by atoms with Gasteiger partial charge in [0.2, 0.25) is 0 Å². The molecule has 0 unspecified atom stereocenters. The molecule has 0 spiro atoms. The number of rotatable bonds is 6. The van der Waals surface area contributed by atoms with Gasteiger partial charge < -0.3 is 19.7 Å². The van der Waals surface area contributed by atoms with Crippen LogP contribution in [0.25, 0.3) is 0 Å². The zero-order valence-electron chi connectivity index (χ0n) is 18.8. The number of nitrogens with zero attached hydrogens (tertiary/aromatic N) is 1. The maximum atomic E-state index is 12.6. The van der Waals surface area contributed by atoms with E-state index in [1.54, 1.807) is 24.1 Å². The summed E-state index contributed by atoms with van der Waals surface area (Å²) < 4.78 is 10.9. The summed E-state index contributed by atoms with van der Waals surface area (Å²) in [5.74, 6) is 1.03. The first kappa shape index (κ1) is 22.7. The lowest BCUT2D eigenvalue weighted by Gasteiger charge is -2.32. The van der Waals surface area contributed by atoms with E-state index in [9.17, 15) is 9.59 Å². The standard InChI is InChI=1S/C25H32N2O4/c1-25(2,3)19-11-9-18(10-12-19)24(29)26-20-13-15-27(16-14-20)23(28)17-31-22-8-6-5-7-21(22)30-4/h5-12,20H,13-17H2,1-4H3,(H,26,29). The molecule has 0 saturated carbocycles. The highest BCUT2D eigenvalue weighted by molar-refractivity contribution is 5.94. The first-order valence-electron chi connectivity index (χ1n) is 10.7. The fraction of sp³-hybridized carbons (Fsp3) is 0.440. The van der Waals surface area contributed by atoms with E-state index in [0.29, 0.717) is 30.2 Å². The monoisotopic (exact) mass is 424 g/mol. The zero-order valence-corrected chi connectivity index (χ0v) is 18.8. The lowest BCUT2D eigenvalue weighted by Crippen LogP contribution is -2.47. The van der Waals surface area contributed by atoms with E-state index in [-0.39, 0.29) is 29.9 Å². The molecule has 1 aliphatic heterocycles. The molecule has 0 radical (unpaired) electrons. The van der Waals surface area contributed by atoms with Gasteiger partial charge in [-0.2, -0.15) is 0 Å². The Bertz CT molecular complexity index is 894. The normalized spacial score (nSPS) is 14.8. The molecule has 31 heavy (non-hydrogen) atoms. The maximum absolute atomic E-state index is 12.6. The van der Waals surface area contributed by atoms with Crippen LogP contribution in [0, 0.1) is 0 Å². The number of piperidine rings is 1. The predicted molar refractivity (Wildman–Crippen MR) is 121 cm³/mol. The number of methoxy groups -OCH3 is 1. The van der Waals surface area contributed by atoms with Gasteiger partial charge in [-0.15, -0.1) is 0 Å². The minimum Gasteiger partial charge on any atom is -0.493 e. The van der Waals surface area contributed by atoms with Gasteiger partial charge in [-0.25, -0.2) is 0 Å². The number of carbonyl (C=O) groups is 2. The highest BCUT2D eigenvalue weighted by atomic mass is 16.5. The molecule has 2 amide bonds. The molecule has 0 aliphatic carbocycles. The molecule has 0 atom stereocenters. The van der Waals surface area contributed by atoms with Gasteiger partial charge in [-0.1, -0.05) is 45.0 Å². The van der Waals surface area contributed by atoms with E-state index in [0.717, 1.165) is 12.8 Å². The van der Waals surface area contributed by atoms with Gasteiger partial charge in [0, 0.05) is 24.7 Å². The fourth-order valence-electron chi connectivity index (χ4n) is 3.63. The Hall–Kier alpha value is -3.02. The smallest absolute Gasteiger partial charge is 0.260 e. The van der Waals surface area contributed by atoms with Gasteiger partial charge in [-0.3, -0.25) is 9.59 Å². The Morgan fingerprint density at radius 1 is 1.00 bits per heavy atom. The largest absolute Gasteiger partial charge is 0.493 e. The molecule has 1 saturated heterocycles. The van der Waals surface area contributed by atoms with Crippen molar-refractivity contribution < 1.29 is 19.1 Å². The number of ether oxygens (including phenoxy) is 2. The number of para-hydroxylation sites is 2. The summed E-state index contributed by atoms with van der Waals surface area (Å²) in [5.41, 5.74) is 1.92. The van der Waals surface area contributed by atoms with E-state index in [1.165, 1.54) is 5.56 Å². The molecule has 0 bridgehead atoms. The van der Waals surface area contributed by atoms with Crippen LogP contribution in [0.1, 0.15) is 49.5 Å². The number of carbonyl (C=O) groups excluding carboxylic acids is 2. The van der Waals surface area contributed by atoms with Crippen molar-refractivity contribution in [3.63, 3.8) is 0 Å². The molecule has 166 valence electrons. The predicted octanol–water partition coefficient (Wildman–Crippen LogP) is 3.79. The second-order valence-electron chi connectivity index (χ2n) is 8.90. The molecule has 3 rings (SSSR count). The lowest BCUT2D eigenvalue weighted by molar-refractivity contribution is -0.134. The van der Waals surface area contributed by atoms with Crippen molar-refractivity contribution in [3.05, 3.63) is 59.7 Å². The van der Waals surface area contributed by atoms with Gasteiger partial charge in [-0.05, 0) is 48.1 Å². The highest BCUT2D eigenvalue weighted by Gasteiger charge is 2.25. The molecule has 6 nitrogen and oxygen atoms in total. The Balaban J connectivity index is 1.45. The molecule has 0 aromatic heterocycles. The van der Waals surface area contributed by atoms with Crippen molar-refractivity contribution in [1.29, 1.82) is 0 Å². The summed E-state index contributed by atoms with van der Waals surface area (Å²) in [4.78, 5) is 26.9. The van der Waals surface area contributed by atoms with Crippen LogP contribution in [0.15, 0.2) is 48.5 Å². The molecule has 1 fully saturated rings. The summed E-state index contributed by atoms with van der Waals surface area (Å²) in [7, 11) is 1.57. The Morgan fingerprint density at radius 3 is 2.19 bits per heavy atom. The van der Waals surface area contributed by atoms with Gasteiger partial charge in [0.25, 0.3) is 11.8 Å². The second-order valence-corrected chi connectivity index (χ2v) is 8.90. The van der Waals surface area contributed by atoms with E-state index >= 15 is 0 Å². The summed E-state index contributed by atoms with van der Waals surface area (Å²) in [6.07, 6.45) is 1.46. The topological polar surface area (TPSA) is 67.9 Å². The van der Waals surface area contributed by atoms with Crippen molar-refractivity contribution in [3.8, 4) is 11.5 Å². The second kappa shape index (κ2) is 9.86. The van der Waals surface area contributed by atoms with Crippen molar-refractivity contribution in [2.75, 3.05) is 26.8 Å². The van der Waals surface area contributed by atoms with Crippen LogP contribution >= 0.6 is 0 Å². The first-order valence-corrected chi connectivity index (χ1v) is 10.7. The third kappa shape index (κ3) is 6.00. The molecule has 2 aromatic rings. The molecule has 2 aromatic carbocycles. The summed E-state index contributed by atoms with van der Waals surface area (Å²) in [6, 6.07) is 15.1. The number of nitrogens with one attached hydrogen (secondary N) is 1. The Kier molecular flexibility index (Phi) is 7.21. The molecule has 1 N–H and O–H groups in total. The van der Waals surface area contributed by atoms with Crippen LogP contribution in [0.3, 0.4) is 0 Å². The summed E-state index contributed by atoms with van der Waals surface area (Å²) in [5, 5.41) is 3.10. The maximum Gasteiger partial charge on any atom is 0.260 e. The van der Waals surface area contributed by atoms with E-state index in [2.05, 4.69) is 26.1 Å². The Morgan fingerprint density at radius 2 is 1.61 bits per heavy atom. The van der Waals surface area contributed by atoms with Gasteiger partial charge in [0.05, 0.1) is 7.11 Å². The molecule has 1 aliphatic rings. The van der Waals surface area contributed by atoms with Crippen molar-refractivity contribution >= 4 is 11.8 Å². The van der Waals surface area contributed by atoms with Crippen LogP contribution in [0.4, 0.5) is 0 Å². The van der Waals surface area contributed by atoms with E-state index in [1.807, 2.05) is 36.4 Å². The third-order valence-electron chi connectivity index (χ3n) is 5.62. The number of hydrogen-bond acceptors (Lipinski definition) is 4. The summed E-state index contributed by atoms with van der Waals surface area (Å²) >= 11 is 0. The highest BCUT2D eigenvalue weighted by Crippen LogP contribution is 2.26. The van der Waals surface area contributed by atoms with E-state index in [4.69, 9.17) is 9.47 Å². The Labute approximate surface area is 184 Å². The van der Waals surface area contributed by atoms with Gasteiger partial charge in [0.15, 0.2) is 18.1 Å². The average molecular weight is 425 g/mol. The van der Waals surface area contributed by atoms with Crippen molar-refractivity contribution in [2.45, 2.75) is 45.1 Å². The van der Waals surface area contributed by atoms with Crippen LogP contribution in [0.2, 0.25) is 0 Å². The van der Waals surface area contributed by atoms with Crippen LogP contribution < -0.4 is 14.8 Å². The number of amides is 2. The molecular formula is C25H32N2O4. The van der Waals surface area contributed by atoms with Crippen LogP contribution in [-0.4, -0.2) is 49.6 Å². The number of hydrogen-bond donors (Lipinski definition) is 1. The minimum atomic E-state index is -0.0651. The minimum absolute atomic E-state index is 0.0302. The number of likely N-dealkylation sites (tertiary alicyclic amines) is 1. The molecule has 1 heterocycles. The van der Waals surface area contributed by atoms with E-state index < -0.39 is 0 Å². The van der Waals surface area contributed by atoms with Crippen LogP contribution in [-0.2, 0) is 10.2 Å². The first-order chi connectivity index (χ1) is 14.8. The van der Waals surface area contributed by atoms with Crippen LogP contribution in [0.5, 0.6) is 11.5 Å². The van der Waals surface area contributed by atoms with Crippen molar-refractivity contribution in [2.24, 2.45) is 0 Å². The SMILES string of the molecule is COc1ccccc1OCC(=O)N1CCC(NC(=O)c2ccc(C(C)(C)C)cc2)CC1. The molecule has 6 heteroatoms. The molecular weight excluding hydrogens is 392 g/mol. The summed E-state index contributed by atoms with van der Waals surface area (Å²) in [6.45, 7) is 7.62. The van der Waals surface area contributed by atoms with Crippen molar-refractivity contribution in [1.82, 2.24) is 10.2 Å². The quantitative estimate of drug-likeness (QED) is 0.766. The van der Waals surface area contributed by atoms with Gasteiger partial charge in [0.1, 0.15) is 0 Å². The van der Waals surface area contributed by atoms with Gasteiger partial charge >= 0.3 is 0 Å². The lowest BCUT2D eigenvalue weighted by atomic mass is 9.86. The average Bonchev–Trinajstić information content (AvgIpc) is 2.77. The third-order valence-corrected chi connectivity index (χ3v) is 5.62. The number of benzene rings is 2. The fourth-order valence-corrected chi connectivity index (χ4v) is 3.63.